The molecule has 0 bridgehead atoms. The molecular weight excluding hydrogens is 236 g/mol. The zero-order valence-corrected chi connectivity index (χ0v) is 12.0. The molecule has 0 radical (unpaired) electrons. The fourth-order valence-corrected chi connectivity index (χ4v) is 3.39. The van der Waals surface area contributed by atoms with E-state index in [9.17, 15) is 5.11 Å². The summed E-state index contributed by atoms with van der Waals surface area (Å²) < 4.78 is 6.13. The van der Waals surface area contributed by atoms with Crippen LogP contribution in [-0.4, -0.2) is 17.3 Å². The van der Waals surface area contributed by atoms with Gasteiger partial charge >= 0.3 is 0 Å². The van der Waals surface area contributed by atoms with Gasteiger partial charge in [-0.15, -0.1) is 0 Å². The van der Waals surface area contributed by atoms with Gasteiger partial charge in [0.15, 0.2) is 0 Å². The minimum Gasteiger partial charge on any atom is -0.490 e. The summed E-state index contributed by atoms with van der Waals surface area (Å²) >= 11 is 0. The zero-order valence-electron chi connectivity index (χ0n) is 12.0. The molecule has 0 aromatic heterocycles. The zero-order chi connectivity index (χ0) is 13.5. The van der Waals surface area contributed by atoms with Gasteiger partial charge in [-0.05, 0) is 55.4 Å². The molecule has 2 heteroatoms. The fraction of sp³-hybridized carbons (Fsp3) is 0.647. The Bertz CT molecular complexity index is 468. The minimum absolute atomic E-state index is 0.0735. The van der Waals surface area contributed by atoms with Crippen LogP contribution in [0.3, 0.4) is 0 Å². The number of aryl methyl sites for hydroxylation is 2. The average molecular weight is 260 g/mol. The number of ether oxygens (including phenoxy) is 1. The molecule has 1 N–H and O–H groups in total. The van der Waals surface area contributed by atoms with Crippen molar-refractivity contribution in [3.63, 3.8) is 0 Å². The lowest BCUT2D eigenvalue weighted by Gasteiger charge is -2.50. The van der Waals surface area contributed by atoms with Gasteiger partial charge in [-0.2, -0.15) is 0 Å². The number of aliphatic hydroxyl groups excluding tert-OH is 1. The van der Waals surface area contributed by atoms with Crippen LogP contribution >= 0.6 is 0 Å². The smallest absolute Gasteiger partial charge is 0.120 e. The summed E-state index contributed by atoms with van der Waals surface area (Å²) in [5.41, 5.74) is 2.88. The van der Waals surface area contributed by atoms with Crippen molar-refractivity contribution in [1.29, 1.82) is 0 Å². The first-order valence-corrected chi connectivity index (χ1v) is 7.60. The van der Waals surface area contributed by atoms with E-state index in [2.05, 4.69) is 32.0 Å². The average Bonchev–Trinajstić information content (AvgIpc) is 2.46. The van der Waals surface area contributed by atoms with Crippen LogP contribution in [0.25, 0.3) is 0 Å². The van der Waals surface area contributed by atoms with E-state index in [1.165, 1.54) is 36.8 Å². The Morgan fingerprint density at radius 3 is 2.68 bits per heavy atom. The fourth-order valence-electron chi connectivity index (χ4n) is 3.39. The maximum atomic E-state index is 9.93. The van der Waals surface area contributed by atoms with E-state index in [0.717, 1.165) is 18.6 Å². The Balaban J connectivity index is 1.74. The molecule has 3 unspecified atom stereocenters. The lowest BCUT2D eigenvalue weighted by molar-refractivity contribution is -0.147. The predicted octanol–water partition coefficient (Wildman–Crippen LogP) is 3.49. The van der Waals surface area contributed by atoms with Gasteiger partial charge in [-0.3, -0.25) is 0 Å². The maximum Gasteiger partial charge on any atom is 0.120 e. The van der Waals surface area contributed by atoms with Crippen molar-refractivity contribution in [2.75, 3.05) is 0 Å². The molecular formula is C17H24O2. The molecule has 3 atom stereocenters. The highest BCUT2D eigenvalue weighted by Gasteiger charge is 2.51. The number of hydrogen-bond donors (Lipinski definition) is 1. The van der Waals surface area contributed by atoms with Gasteiger partial charge in [0.05, 0.1) is 6.10 Å². The molecule has 3 rings (SSSR count). The molecule has 1 fully saturated rings. The van der Waals surface area contributed by atoms with Crippen molar-refractivity contribution in [2.24, 2.45) is 5.41 Å². The second-order valence-electron chi connectivity index (χ2n) is 6.35. The SMILES string of the molecule is CCC1(C)C(O)CC1Oc1ccc2c(c1)CCCC2. The summed E-state index contributed by atoms with van der Waals surface area (Å²) in [7, 11) is 0. The highest BCUT2D eigenvalue weighted by atomic mass is 16.5. The molecule has 1 aromatic carbocycles. The molecule has 0 heterocycles. The molecule has 2 aliphatic carbocycles. The molecule has 19 heavy (non-hydrogen) atoms. The first kappa shape index (κ1) is 13.0. The maximum absolute atomic E-state index is 9.93. The first-order valence-electron chi connectivity index (χ1n) is 7.60. The van der Waals surface area contributed by atoms with Crippen LogP contribution in [0, 0.1) is 5.41 Å². The summed E-state index contributed by atoms with van der Waals surface area (Å²) in [5, 5.41) is 9.93. The Hall–Kier alpha value is -1.02. The summed E-state index contributed by atoms with van der Waals surface area (Å²) in [6, 6.07) is 6.54. The van der Waals surface area contributed by atoms with E-state index < -0.39 is 0 Å². The minimum atomic E-state index is -0.208. The van der Waals surface area contributed by atoms with Gasteiger partial charge in [0, 0.05) is 11.8 Å². The standard InChI is InChI=1S/C17H24O2/c1-3-17(2)15(18)11-16(17)19-14-9-8-12-6-4-5-7-13(12)10-14/h8-10,15-16,18H,3-7,11H2,1-2H3. The Labute approximate surface area is 115 Å². The number of benzene rings is 1. The van der Waals surface area contributed by atoms with Crippen LogP contribution in [0.5, 0.6) is 5.75 Å². The van der Waals surface area contributed by atoms with Crippen LogP contribution in [0.4, 0.5) is 0 Å². The van der Waals surface area contributed by atoms with Crippen LogP contribution in [-0.2, 0) is 12.8 Å². The van der Waals surface area contributed by atoms with Gasteiger partial charge in [0.25, 0.3) is 0 Å². The highest BCUT2D eigenvalue weighted by molar-refractivity contribution is 5.37. The molecule has 104 valence electrons. The van der Waals surface area contributed by atoms with E-state index in [4.69, 9.17) is 4.74 Å². The Morgan fingerprint density at radius 2 is 2.00 bits per heavy atom. The topological polar surface area (TPSA) is 29.5 Å². The van der Waals surface area contributed by atoms with Gasteiger partial charge in [-0.25, -0.2) is 0 Å². The van der Waals surface area contributed by atoms with Crippen LogP contribution in [0.1, 0.15) is 50.7 Å². The summed E-state index contributed by atoms with van der Waals surface area (Å²) in [5.74, 6) is 0.984. The van der Waals surface area contributed by atoms with Gasteiger partial charge in [-0.1, -0.05) is 19.9 Å². The second-order valence-corrected chi connectivity index (χ2v) is 6.35. The van der Waals surface area contributed by atoms with Crippen molar-refractivity contribution in [3.8, 4) is 5.75 Å². The normalized spacial score (nSPS) is 33.4. The lowest BCUT2D eigenvalue weighted by Crippen LogP contribution is -2.57. The third-order valence-electron chi connectivity index (χ3n) is 5.29. The monoisotopic (exact) mass is 260 g/mol. The van der Waals surface area contributed by atoms with E-state index in [0.29, 0.717) is 0 Å². The van der Waals surface area contributed by atoms with Crippen LogP contribution < -0.4 is 4.74 Å². The van der Waals surface area contributed by atoms with Crippen molar-refractivity contribution in [2.45, 2.75) is 64.6 Å². The first-order chi connectivity index (χ1) is 9.13. The number of aliphatic hydroxyl groups is 1. The molecule has 1 aromatic rings. The summed E-state index contributed by atoms with van der Waals surface area (Å²) in [6.07, 6.45) is 6.69. The summed E-state index contributed by atoms with van der Waals surface area (Å²) in [4.78, 5) is 0. The summed E-state index contributed by atoms with van der Waals surface area (Å²) in [6.45, 7) is 4.26. The number of fused-ring (bicyclic) bond motifs is 1. The van der Waals surface area contributed by atoms with Crippen molar-refractivity contribution >= 4 is 0 Å². The lowest BCUT2D eigenvalue weighted by atomic mass is 9.63. The van der Waals surface area contributed by atoms with Crippen LogP contribution in [0.2, 0.25) is 0 Å². The molecule has 0 amide bonds. The van der Waals surface area contributed by atoms with E-state index >= 15 is 0 Å². The molecule has 2 aliphatic rings. The van der Waals surface area contributed by atoms with Crippen molar-refractivity contribution < 1.29 is 9.84 Å². The molecule has 2 nitrogen and oxygen atoms in total. The quantitative estimate of drug-likeness (QED) is 0.901. The number of hydrogen-bond acceptors (Lipinski definition) is 2. The van der Waals surface area contributed by atoms with Crippen molar-refractivity contribution in [3.05, 3.63) is 29.3 Å². The number of rotatable bonds is 3. The van der Waals surface area contributed by atoms with Crippen LogP contribution in [0.15, 0.2) is 18.2 Å². The molecule has 0 saturated heterocycles. The predicted molar refractivity (Wildman–Crippen MR) is 76.5 cm³/mol. The third kappa shape index (κ3) is 2.16. The van der Waals surface area contributed by atoms with E-state index in [1.54, 1.807) is 0 Å². The largest absolute Gasteiger partial charge is 0.490 e. The molecule has 0 aliphatic heterocycles. The second kappa shape index (κ2) is 4.82. The van der Waals surface area contributed by atoms with Crippen molar-refractivity contribution in [1.82, 2.24) is 0 Å². The highest BCUT2D eigenvalue weighted by Crippen LogP contribution is 2.46. The third-order valence-corrected chi connectivity index (χ3v) is 5.29. The van der Waals surface area contributed by atoms with E-state index in [-0.39, 0.29) is 17.6 Å². The van der Waals surface area contributed by atoms with Gasteiger partial charge in [0.2, 0.25) is 0 Å². The van der Waals surface area contributed by atoms with Gasteiger partial charge in [0.1, 0.15) is 11.9 Å². The molecule has 1 saturated carbocycles. The Morgan fingerprint density at radius 1 is 1.26 bits per heavy atom. The molecule has 0 spiro atoms. The van der Waals surface area contributed by atoms with E-state index in [1.807, 2.05) is 0 Å². The Kier molecular flexibility index (Phi) is 3.30. The van der Waals surface area contributed by atoms with Gasteiger partial charge < -0.3 is 9.84 Å².